The maximum absolute atomic E-state index is 12.5. The molecule has 3 rings (SSSR count). The van der Waals surface area contributed by atoms with Gasteiger partial charge < -0.3 is 15.1 Å². The summed E-state index contributed by atoms with van der Waals surface area (Å²) in [4.78, 5) is 26.3. The molecular formula is C19H25N5O. The Kier molecular flexibility index (Phi) is 4.99. The quantitative estimate of drug-likeness (QED) is 0.930. The van der Waals surface area contributed by atoms with Crippen LogP contribution >= 0.6 is 0 Å². The molecule has 2 aromatic rings. The molecule has 6 heteroatoms. The summed E-state index contributed by atoms with van der Waals surface area (Å²) < 4.78 is 0. The van der Waals surface area contributed by atoms with Crippen LogP contribution in [0.15, 0.2) is 24.3 Å². The highest BCUT2D eigenvalue weighted by Crippen LogP contribution is 2.22. The zero-order valence-electron chi connectivity index (χ0n) is 15.3. The van der Waals surface area contributed by atoms with Crippen LogP contribution in [0.1, 0.15) is 27.3 Å². The van der Waals surface area contributed by atoms with Crippen molar-refractivity contribution in [3.05, 3.63) is 46.8 Å². The Balaban J connectivity index is 1.79. The molecule has 2 heterocycles. The van der Waals surface area contributed by atoms with Gasteiger partial charge in [0, 0.05) is 31.7 Å². The second kappa shape index (κ2) is 7.19. The molecule has 1 aromatic heterocycles. The fourth-order valence-electron chi connectivity index (χ4n) is 3.00. The first-order valence-electron chi connectivity index (χ1n) is 8.61. The molecule has 0 spiro atoms. The summed E-state index contributed by atoms with van der Waals surface area (Å²) in [5.41, 5.74) is 3.99. The highest BCUT2D eigenvalue weighted by Gasteiger charge is 2.19. The summed E-state index contributed by atoms with van der Waals surface area (Å²) in [6.45, 7) is 9.66. The Bertz CT molecular complexity index is 758. The second-order valence-electron chi connectivity index (χ2n) is 6.68. The van der Waals surface area contributed by atoms with Crippen molar-refractivity contribution in [2.45, 2.75) is 20.8 Å². The average Bonchev–Trinajstić information content (AvgIpc) is 2.58. The lowest BCUT2D eigenvalue weighted by atomic mass is 10.1. The van der Waals surface area contributed by atoms with Gasteiger partial charge in [0.15, 0.2) is 0 Å². The van der Waals surface area contributed by atoms with Gasteiger partial charge in [-0.15, -0.1) is 0 Å². The molecule has 0 unspecified atom stereocenters. The van der Waals surface area contributed by atoms with E-state index in [9.17, 15) is 4.79 Å². The molecule has 25 heavy (non-hydrogen) atoms. The van der Waals surface area contributed by atoms with Crippen molar-refractivity contribution < 1.29 is 4.79 Å². The van der Waals surface area contributed by atoms with E-state index in [1.165, 1.54) is 0 Å². The van der Waals surface area contributed by atoms with Crippen LogP contribution in [0.25, 0.3) is 0 Å². The minimum atomic E-state index is -0.133. The molecule has 0 aliphatic carbocycles. The van der Waals surface area contributed by atoms with Gasteiger partial charge in [0.2, 0.25) is 5.95 Å². The number of likely N-dealkylation sites (N-methyl/N-ethyl adjacent to an activating group) is 1. The lowest BCUT2D eigenvalue weighted by molar-refractivity contribution is 0.102. The van der Waals surface area contributed by atoms with E-state index < -0.39 is 0 Å². The van der Waals surface area contributed by atoms with Gasteiger partial charge in [-0.1, -0.05) is 17.7 Å². The lowest BCUT2D eigenvalue weighted by Gasteiger charge is -2.32. The van der Waals surface area contributed by atoms with E-state index in [1.54, 1.807) is 0 Å². The van der Waals surface area contributed by atoms with Gasteiger partial charge in [-0.3, -0.25) is 4.79 Å². The molecule has 0 atom stereocenters. The van der Waals surface area contributed by atoms with Gasteiger partial charge >= 0.3 is 0 Å². The zero-order valence-corrected chi connectivity index (χ0v) is 15.3. The number of anilines is 2. The summed E-state index contributed by atoms with van der Waals surface area (Å²) in [5.74, 6) is 0.613. The topological polar surface area (TPSA) is 61.4 Å². The molecule has 1 fully saturated rings. The Morgan fingerprint density at radius 2 is 1.68 bits per heavy atom. The number of aromatic nitrogens is 2. The third-order valence-corrected chi connectivity index (χ3v) is 4.56. The molecule has 1 aliphatic heterocycles. The van der Waals surface area contributed by atoms with Crippen molar-refractivity contribution >= 4 is 17.5 Å². The number of amides is 1. The van der Waals surface area contributed by atoms with E-state index in [2.05, 4.69) is 32.1 Å². The summed E-state index contributed by atoms with van der Waals surface area (Å²) in [5, 5.41) is 2.97. The van der Waals surface area contributed by atoms with Crippen molar-refractivity contribution in [1.29, 1.82) is 0 Å². The molecule has 0 saturated carbocycles. The third kappa shape index (κ3) is 3.96. The standard InChI is InChI=1S/C19H25N5O/c1-13-6-5-7-16(12-13)18(25)22-17-14(2)20-19(21-15(17)3)24-10-8-23(4)9-11-24/h5-7,12H,8-11H2,1-4H3,(H,22,25). The van der Waals surface area contributed by atoms with Crippen molar-refractivity contribution in [3.8, 4) is 0 Å². The lowest BCUT2D eigenvalue weighted by Crippen LogP contribution is -2.45. The molecule has 0 radical (unpaired) electrons. The number of carbonyl (C=O) groups is 1. The Morgan fingerprint density at radius 1 is 1.04 bits per heavy atom. The maximum Gasteiger partial charge on any atom is 0.255 e. The summed E-state index contributed by atoms with van der Waals surface area (Å²) >= 11 is 0. The minimum absolute atomic E-state index is 0.133. The third-order valence-electron chi connectivity index (χ3n) is 4.56. The Hall–Kier alpha value is -2.47. The molecule has 132 valence electrons. The van der Waals surface area contributed by atoms with Gasteiger partial charge in [0.05, 0.1) is 17.1 Å². The summed E-state index contributed by atoms with van der Waals surface area (Å²) in [7, 11) is 2.12. The van der Waals surface area contributed by atoms with E-state index in [1.807, 2.05) is 45.0 Å². The van der Waals surface area contributed by atoms with Crippen LogP contribution in [0.3, 0.4) is 0 Å². The predicted molar refractivity (Wildman–Crippen MR) is 100 cm³/mol. The molecular weight excluding hydrogens is 314 g/mol. The highest BCUT2D eigenvalue weighted by atomic mass is 16.1. The fraction of sp³-hybridized carbons (Fsp3) is 0.421. The van der Waals surface area contributed by atoms with E-state index in [0.717, 1.165) is 49.1 Å². The van der Waals surface area contributed by atoms with Gasteiger partial charge in [0.1, 0.15) is 0 Å². The van der Waals surface area contributed by atoms with Gasteiger partial charge in [-0.25, -0.2) is 9.97 Å². The van der Waals surface area contributed by atoms with Gasteiger partial charge in [0.25, 0.3) is 5.91 Å². The number of piperazine rings is 1. The number of rotatable bonds is 3. The van der Waals surface area contributed by atoms with Crippen LogP contribution in [0.5, 0.6) is 0 Å². The first-order chi connectivity index (χ1) is 11.9. The van der Waals surface area contributed by atoms with Gasteiger partial charge in [-0.05, 0) is 40.0 Å². The maximum atomic E-state index is 12.5. The Labute approximate surface area is 148 Å². The number of hydrogen-bond donors (Lipinski definition) is 1. The van der Waals surface area contributed by atoms with Gasteiger partial charge in [-0.2, -0.15) is 0 Å². The fourth-order valence-corrected chi connectivity index (χ4v) is 3.00. The number of nitrogens with zero attached hydrogens (tertiary/aromatic N) is 4. The average molecular weight is 339 g/mol. The molecule has 1 aliphatic rings. The second-order valence-corrected chi connectivity index (χ2v) is 6.68. The molecule has 1 saturated heterocycles. The van der Waals surface area contributed by atoms with Crippen LogP contribution < -0.4 is 10.2 Å². The number of aryl methyl sites for hydroxylation is 3. The van der Waals surface area contributed by atoms with Crippen molar-refractivity contribution in [1.82, 2.24) is 14.9 Å². The smallest absolute Gasteiger partial charge is 0.255 e. The first kappa shape index (κ1) is 17.4. The minimum Gasteiger partial charge on any atom is -0.338 e. The van der Waals surface area contributed by atoms with Crippen molar-refractivity contribution in [2.75, 3.05) is 43.4 Å². The van der Waals surface area contributed by atoms with E-state index in [-0.39, 0.29) is 5.91 Å². The van der Waals surface area contributed by atoms with Crippen molar-refractivity contribution in [3.63, 3.8) is 0 Å². The monoisotopic (exact) mass is 339 g/mol. The van der Waals surface area contributed by atoms with E-state index in [4.69, 9.17) is 0 Å². The van der Waals surface area contributed by atoms with Crippen LogP contribution in [-0.4, -0.2) is 54.0 Å². The summed E-state index contributed by atoms with van der Waals surface area (Å²) in [6, 6.07) is 7.55. The number of benzene rings is 1. The molecule has 1 amide bonds. The Morgan fingerprint density at radius 3 is 2.28 bits per heavy atom. The number of carbonyl (C=O) groups excluding carboxylic acids is 1. The largest absolute Gasteiger partial charge is 0.338 e. The zero-order chi connectivity index (χ0) is 18.0. The molecule has 1 N–H and O–H groups in total. The molecule has 6 nitrogen and oxygen atoms in total. The van der Waals surface area contributed by atoms with E-state index in [0.29, 0.717) is 11.3 Å². The highest BCUT2D eigenvalue weighted by molar-refractivity contribution is 6.04. The SMILES string of the molecule is Cc1cccc(C(=O)Nc2c(C)nc(N3CCN(C)CC3)nc2C)c1. The first-order valence-corrected chi connectivity index (χ1v) is 8.61. The van der Waals surface area contributed by atoms with Crippen LogP contribution in [0.2, 0.25) is 0 Å². The van der Waals surface area contributed by atoms with E-state index >= 15 is 0 Å². The predicted octanol–water partition coefficient (Wildman–Crippen LogP) is 2.41. The molecule has 1 aromatic carbocycles. The van der Waals surface area contributed by atoms with Crippen molar-refractivity contribution in [2.24, 2.45) is 0 Å². The van der Waals surface area contributed by atoms with Crippen LogP contribution in [0, 0.1) is 20.8 Å². The number of nitrogens with one attached hydrogen (secondary N) is 1. The molecule has 0 bridgehead atoms. The number of hydrogen-bond acceptors (Lipinski definition) is 5. The normalized spacial score (nSPS) is 15.3. The van der Waals surface area contributed by atoms with Crippen LogP contribution in [-0.2, 0) is 0 Å². The van der Waals surface area contributed by atoms with Crippen LogP contribution in [0.4, 0.5) is 11.6 Å². The summed E-state index contributed by atoms with van der Waals surface area (Å²) in [6.07, 6.45) is 0.